The Morgan fingerprint density at radius 3 is 2.75 bits per heavy atom. The molecule has 1 N–H and O–H groups in total. The average molecular weight is 165 g/mol. The van der Waals surface area contributed by atoms with Crippen molar-refractivity contribution in [1.29, 1.82) is 5.26 Å². The number of nitrogens with one attached hydrogen (secondary N) is 1. The maximum Gasteiger partial charge on any atom is 0.224 e. The molecule has 1 aromatic rings. The van der Waals surface area contributed by atoms with Crippen molar-refractivity contribution in [1.82, 2.24) is 5.16 Å². The van der Waals surface area contributed by atoms with Gasteiger partial charge in [-0.25, -0.2) is 0 Å². The van der Waals surface area contributed by atoms with E-state index in [0.29, 0.717) is 11.6 Å². The average Bonchev–Trinajstić information content (AvgIpc) is 2.52. The van der Waals surface area contributed by atoms with Crippen LogP contribution in [0.2, 0.25) is 0 Å². The van der Waals surface area contributed by atoms with Gasteiger partial charge in [0.25, 0.3) is 0 Å². The van der Waals surface area contributed by atoms with Gasteiger partial charge in [-0.05, 0) is 13.8 Å². The monoisotopic (exact) mass is 165 g/mol. The van der Waals surface area contributed by atoms with Gasteiger partial charge in [0.2, 0.25) is 5.88 Å². The molecule has 1 aromatic heterocycles. The molecule has 1 rings (SSSR count). The normalized spacial score (nSPS) is 10.8. The summed E-state index contributed by atoms with van der Waals surface area (Å²) in [6.45, 7) is 3.59. The highest BCUT2D eigenvalue weighted by Crippen LogP contribution is 2.23. The van der Waals surface area contributed by atoms with E-state index in [1.807, 2.05) is 0 Å². The third-order valence-corrected chi connectivity index (χ3v) is 1.68. The third kappa shape index (κ3) is 1.40. The highest BCUT2D eigenvalue weighted by Gasteiger charge is 2.24. The summed E-state index contributed by atoms with van der Waals surface area (Å²) in [5.41, 5.74) is 0.0628. The molecule has 64 valence electrons. The molecule has 1 heterocycles. The molecular formula is C8H11N3O. The molecule has 0 spiro atoms. The molecule has 12 heavy (non-hydrogen) atoms. The van der Waals surface area contributed by atoms with Crippen LogP contribution in [0, 0.1) is 11.3 Å². The third-order valence-electron chi connectivity index (χ3n) is 1.68. The van der Waals surface area contributed by atoms with E-state index in [1.165, 1.54) is 0 Å². The first-order valence-corrected chi connectivity index (χ1v) is 3.66. The predicted molar refractivity (Wildman–Crippen MR) is 44.7 cm³/mol. The second-order valence-electron chi connectivity index (χ2n) is 3.06. The van der Waals surface area contributed by atoms with E-state index in [2.05, 4.69) is 16.5 Å². The Kier molecular flexibility index (Phi) is 2.05. The van der Waals surface area contributed by atoms with E-state index in [1.54, 1.807) is 27.0 Å². The maximum absolute atomic E-state index is 8.78. The van der Waals surface area contributed by atoms with Gasteiger partial charge in [0.1, 0.15) is 5.69 Å². The van der Waals surface area contributed by atoms with E-state index in [9.17, 15) is 0 Å². The lowest BCUT2D eigenvalue weighted by Gasteiger charge is -2.08. The molecule has 0 aliphatic rings. The minimum absolute atomic E-state index is 0.577. The number of anilines is 1. The SMILES string of the molecule is CNc1cc(C(C)(C)C#N)no1. The summed E-state index contributed by atoms with van der Waals surface area (Å²) in [5.74, 6) is 0.577. The topological polar surface area (TPSA) is 61.9 Å². The Morgan fingerprint density at radius 2 is 2.33 bits per heavy atom. The molecule has 0 saturated heterocycles. The minimum atomic E-state index is -0.585. The van der Waals surface area contributed by atoms with Crippen molar-refractivity contribution in [3.63, 3.8) is 0 Å². The molecule has 0 radical (unpaired) electrons. The van der Waals surface area contributed by atoms with Crippen LogP contribution in [0.3, 0.4) is 0 Å². The molecular weight excluding hydrogens is 154 g/mol. The quantitative estimate of drug-likeness (QED) is 0.721. The highest BCUT2D eigenvalue weighted by atomic mass is 16.5. The number of hydrogen-bond acceptors (Lipinski definition) is 4. The Morgan fingerprint density at radius 1 is 1.67 bits per heavy atom. The van der Waals surface area contributed by atoms with Crippen molar-refractivity contribution in [3.05, 3.63) is 11.8 Å². The summed E-state index contributed by atoms with van der Waals surface area (Å²) >= 11 is 0. The first kappa shape index (κ1) is 8.60. The lowest BCUT2D eigenvalue weighted by Crippen LogP contribution is -2.13. The first-order chi connectivity index (χ1) is 5.60. The standard InChI is InChI=1S/C8H11N3O/c1-8(2,5-9)6-4-7(10-3)12-11-6/h4,10H,1-3H3. The molecule has 0 fully saturated rings. The van der Waals surface area contributed by atoms with E-state index >= 15 is 0 Å². The maximum atomic E-state index is 8.78. The van der Waals surface area contributed by atoms with Gasteiger partial charge in [-0.15, -0.1) is 0 Å². The first-order valence-electron chi connectivity index (χ1n) is 3.66. The largest absolute Gasteiger partial charge is 0.357 e. The van der Waals surface area contributed by atoms with Crippen molar-refractivity contribution in [2.75, 3.05) is 12.4 Å². The van der Waals surface area contributed by atoms with Gasteiger partial charge in [-0.2, -0.15) is 5.26 Å². The van der Waals surface area contributed by atoms with Crippen LogP contribution in [0.15, 0.2) is 10.6 Å². The van der Waals surface area contributed by atoms with E-state index in [4.69, 9.17) is 9.78 Å². The van der Waals surface area contributed by atoms with Crippen LogP contribution in [0.5, 0.6) is 0 Å². The van der Waals surface area contributed by atoms with Gasteiger partial charge >= 0.3 is 0 Å². The molecule has 0 aliphatic carbocycles. The smallest absolute Gasteiger partial charge is 0.224 e. The van der Waals surface area contributed by atoms with Crippen LogP contribution in [0.4, 0.5) is 5.88 Å². The van der Waals surface area contributed by atoms with E-state index in [0.717, 1.165) is 0 Å². The second kappa shape index (κ2) is 2.86. The number of rotatable bonds is 2. The van der Waals surface area contributed by atoms with Crippen molar-refractivity contribution < 1.29 is 4.52 Å². The van der Waals surface area contributed by atoms with Gasteiger partial charge in [-0.1, -0.05) is 5.16 Å². The fourth-order valence-corrected chi connectivity index (χ4v) is 0.745. The van der Waals surface area contributed by atoms with Crippen molar-refractivity contribution >= 4 is 5.88 Å². The van der Waals surface area contributed by atoms with Crippen LogP contribution in [0.1, 0.15) is 19.5 Å². The van der Waals surface area contributed by atoms with E-state index in [-0.39, 0.29) is 0 Å². The lowest BCUT2D eigenvalue weighted by atomic mass is 9.92. The highest BCUT2D eigenvalue weighted by molar-refractivity contribution is 5.35. The predicted octanol–water partition coefficient (Wildman–Crippen LogP) is 1.52. The Hall–Kier alpha value is -1.50. The van der Waals surface area contributed by atoms with Gasteiger partial charge < -0.3 is 9.84 Å². The Bertz CT molecular complexity index is 308. The van der Waals surface area contributed by atoms with E-state index < -0.39 is 5.41 Å². The zero-order chi connectivity index (χ0) is 9.19. The molecule has 0 saturated carbocycles. The fourth-order valence-electron chi connectivity index (χ4n) is 0.745. The van der Waals surface area contributed by atoms with Crippen molar-refractivity contribution in [2.45, 2.75) is 19.3 Å². The summed E-state index contributed by atoms with van der Waals surface area (Å²) in [7, 11) is 1.74. The zero-order valence-electron chi connectivity index (χ0n) is 7.38. The van der Waals surface area contributed by atoms with Crippen LogP contribution in [-0.2, 0) is 5.41 Å². The zero-order valence-corrected chi connectivity index (χ0v) is 7.38. The fraction of sp³-hybridized carbons (Fsp3) is 0.500. The summed E-state index contributed by atoms with van der Waals surface area (Å²) in [4.78, 5) is 0. The van der Waals surface area contributed by atoms with Crippen LogP contribution >= 0.6 is 0 Å². The molecule has 0 aromatic carbocycles. The summed E-state index contributed by atoms with van der Waals surface area (Å²) < 4.78 is 4.89. The van der Waals surface area contributed by atoms with Crippen LogP contribution in [0.25, 0.3) is 0 Å². The van der Waals surface area contributed by atoms with Crippen LogP contribution < -0.4 is 5.32 Å². The van der Waals surface area contributed by atoms with Gasteiger partial charge in [0.15, 0.2) is 0 Å². The molecule has 0 bridgehead atoms. The van der Waals surface area contributed by atoms with Gasteiger partial charge in [-0.3, -0.25) is 0 Å². The molecule has 4 nitrogen and oxygen atoms in total. The molecule has 0 unspecified atom stereocenters. The van der Waals surface area contributed by atoms with Crippen molar-refractivity contribution in [2.24, 2.45) is 0 Å². The molecule has 4 heteroatoms. The number of hydrogen-bond donors (Lipinski definition) is 1. The van der Waals surface area contributed by atoms with Gasteiger partial charge in [0, 0.05) is 13.1 Å². The summed E-state index contributed by atoms with van der Waals surface area (Å²) in [6, 6.07) is 3.87. The number of nitriles is 1. The molecule has 0 atom stereocenters. The number of nitrogens with zero attached hydrogens (tertiary/aromatic N) is 2. The Labute approximate surface area is 71.2 Å². The molecule has 0 aliphatic heterocycles. The second-order valence-corrected chi connectivity index (χ2v) is 3.06. The molecule has 0 amide bonds. The summed E-state index contributed by atoms with van der Waals surface area (Å²) in [6.07, 6.45) is 0. The number of aromatic nitrogens is 1. The van der Waals surface area contributed by atoms with Gasteiger partial charge in [0.05, 0.1) is 11.5 Å². The van der Waals surface area contributed by atoms with Crippen molar-refractivity contribution in [3.8, 4) is 6.07 Å². The lowest BCUT2D eigenvalue weighted by molar-refractivity contribution is 0.413. The van der Waals surface area contributed by atoms with Crippen LogP contribution in [-0.4, -0.2) is 12.2 Å². The minimum Gasteiger partial charge on any atom is -0.357 e. The summed E-state index contributed by atoms with van der Waals surface area (Å²) in [5, 5.41) is 15.4. The Balaban J connectivity index is 2.98.